The highest BCUT2D eigenvalue weighted by atomic mass is 35.5. The van der Waals surface area contributed by atoms with Gasteiger partial charge in [-0.25, -0.2) is 0 Å². The van der Waals surface area contributed by atoms with E-state index in [2.05, 4.69) is 10.3 Å². The van der Waals surface area contributed by atoms with E-state index in [9.17, 15) is 13.2 Å². The van der Waals surface area contributed by atoms with Crippen LogP contribution in [-0.2, 0) is 12.0 Å². The van der Waals surface area contributed by atoms with Crippen LogP contribution in [0.5, 0.6) is 0 Å². The first-order valence-electron chi connectivity index (χ1n) is 10.7. The van der Waals surface area contributed by atoms with E-state index in [0.29, 0.717) is 38.4 Å². The molecule has 0 aliphatic carbocycles. The van der Waals surface area contributed by atoms with Crippen molar-refractivity contribution in [3.8, 4) is 0 Å². The Bertz CT molecular complexity index is 1180. The van der Waals surface area contributed by atoms with Gasteiger partial charge < -0.3 is 10.2 Å². The van der Waals surface area contributed by atoms with Crippen molar-refractivity contribution in [1.29, 1.82) is 0 Å². The van der Waals surface area contributed by atoms with Gasteiger partial charge in [-0.3, -0.25) is 4.98 Å². The van der Waals surface area contributed by atoms with Gasteiger partial charge in [0, 0.05) is 35.6 Å². The van der Waals surface area contributed by atoms with E-state index in [-0.39, 0.29) is 25.1 Å². The molecule has 1 aliphatic heterocycles. The summed E-state index contributed by atoms with van der Waals surface area (Å²) < 4.78 is 43.2. The molecule has 2 aromatic carbocycles. The van der Waals surface area contributed by atoms with Crippen molar-refractivity contribution in [3.63, 3.8) is 0 Å². The number of nitrogens with zero attached hydrogens (tertiary/aromatic N) is 2. The Morgan fingerprint density at radius 1 is 1.15 bits per heavy atom. The van der Waals surface area contributed by atoms with Crippen molar-refractivity contribution in [1.82, 2.24) is 10.3 Å². The smallest absolute Gasteiger partial charge is 0.370 e. The molecule has 1 unspecified atom stereocenters. The van der Waals surface area contributed by atoms with Crippen LogP contribution in [0.4, 0.5) is 18.9 Å². The fourth-order valence-corrected chi connectivity index (χ4v) is 5.19. The van der Waals surface area contributed by atoms with Crippen LogP contribution in [0, 0.1) is 6.92 Å². The standard InChI is InChI=1S/C25H22Cl2F3N3S/c1-16-10-17(12-18(26)11-16)24(25(28,29)30)7-9-33(15-24)20-5-6-21(22(27)13-20)23(34)32-14-19-4-2-3-8-31-19/h2-6,8,10-13H,7,9,14-15H2,1H3,(H,32,34). The van der Waals surface area contributed by atoms with Gasteiger partial charge in [0.05, 0.1) is 17.3 Å². The van der Waals surface area contributed by atoms with Crippen LogP contribution < -0.4 is 10.2 Å². The first-order chi connectivity index (χ1) is 16.1. The van der Waals surface area contributed by atoms with Gasteiger partial charge in [0.1, 0.15) is 10.4 Å². The number of thiocarbonyl (C=S) groups is 1. The van der Waals surface area contributed by atoms with Crippen LogP contribution >= 0.6 is 35.4 Å². The molecular formula is C25H22Cl2F3N3S. The Morgan fingerprint density at radius 2 is 1.94 bits per heavy atom. The van der Waals surface area contributed by atoms with E-state index in [1.807, 2.05) is 18.2 Å². The van der Waals surface area contributed by atoms with Crippen LogP contribution in [0.15, 0.2) is 60.8 Å². The van der Waals surface area contributed by atoms with E-state index in [1.54, 1.807) is 48.4 Å². The number of hydrogen-bond donors (Lipinski definition) is 1. The number of aryl methyl sites for hydroxylation is 1. The summed E-state index contributed by atoms with van der Waals surface area (Å²) in [5.74, 6) is 0. The molecule has 1 saturated heterocycles. The Balaban J connectivity index is 1.55. The molecule has 0 amide bonds. The quantitative estimate of drug-likeness (QED) is 0.369. The van der Waals surface area contributed by atoms with Gasteiger partial charge in [0.25, 0.3) is 0 Å². The first kappa shape index (κ1) is 24.8. The molecule has 1 fully saturated rings. The Labute approximate surface area is 211 Å². The number of aromatic nitrogens is 1. The van der Waals surface area contributed by atoms with E-state index < -0.39 is 11.6 Å². The number of hydrogen-bond acceptors (Lipinski definition) is 3. The zero-order valence-electron chi connectivity index (χ0n) is 18.3. The Hall–Kier alpha value is -2.35. The third kappa shape index (κ3) is 5.02. The third-order valence-corrected chi connectivity index (χ3v) is 7.02. The van der Waals surface area contributed by atoms with Crippen LogP contribution in [-0.4, -0.2) is 29.2 Å². The molecule has 1 atom stereocenters. The predicted octanol–water partition coefficient (Wildman–Crippen LogP) is 6.87. The van der Waals surface area contributed by atoms with Gasteiger partial charge in [-0.1, -0.05) is 47.6 Å². The number of alkyl halides is 3. The molecule has 1 aliphatic rings. The molecule has 0 saturated carbocycles. The van der Waals surface area contributed by atoms with Gasteiger partial charge >= 0.3 is 6.18 Å². The summed E-state index contributed by atoms with van der Waals surface area (Å²) >= 11 is 18.1. The van der Waals surface area contributed by atoms with Gasteiger partial charge in [-0.15, -0.1) is 0 Å². The molecule has 3 aromatic rings. The lowest BCUT2D eigenvalue weighted by atomic mass is 9.78. The number of pyridine rings is 1. The molecule has 9 heteroatoms. The number of nitrogens with one attached hydrogen (secondary N) is 1. The van der Waals surface area contributed by atoms with E-state index in [4.69, 9.17) is 35.4 Å². The Kier molecular flexibility index (Phi) is 7.08. The first-order valence-corrected chi connectivity index (χ1v) is 11.8. The SMILES string of the molecule is Cc1cc(Cl)cc(C2(C(F)(F)F)CCN(c3ccc(C(=S)NCc4ccccn4)c(Cl)c3)C2)c1. The molecule has 0 spiro atoms. The number of benzene rings is 2. The number of rotatable bonds is 5. The minimum Gasteiger partial charge on any atom is -0.370 e. The maximum absolute atomic E-state index is 14.4. The molecule has 34 heavy (non-hydrogen) atoms. The predicted molar refractivity (Wildman–Crippen MR) is 135 cm³/mol. The zero-order valence-corrected chi connectivity index (χ0v) is 20.6. The lowest BCUT2D eigenvalue weighted by Crippen LogP contribution is -2.45. The highest BCUT2D eigenvalue weighted by Crippen LogP contribution is 2.49. The van der Waals surface area contributed by atoms with Crippen LogP contribution in [0.2, 0.25) is 10.0 Å². The van der Waals surface area contributed by atoms with Crippen molar-refractivity contribution < 1.29 is 13.2 Å². The monoisotopic (exact) mass is 523 g/mol. The minimum atomic E-state index is -4.43. The lowest BCUT2D eigenvalue weighted by Gasteiger charge is -2.33. The molecule has 0 bridgehead atoms. The Morgan fingerprint density at radius 3 is 2.59 bits per heavy atom. The van der Waals surface area contributed by atoms with Gasteiger partial charge in [-0.2, -0.15) is 13.2 Å². The molecule has 4 rings (SSSR count). The highest BCUT2D eigenvalue weighted by Gasteiger charge is 2.59. The van der Waals surface area contributed by atoms with Crippen LogP contribution in [0.1, 0.15) is 28.8 Å². The van der Waals surface area contributed by atoms with Gasteiger partial charge in [0.15, 0.2) is 0 Å². The molecule has 3 nitrogen and oxygen atoms in total. The molecule has 0 radical (unpaired) electrons. The van der Waals surface area contributed by atoms with Gasteiger partial charge in [0.2, 0.25) is 0 Å². The van der Waals surface area contributed by atoms with Crippen LogP contribution in [0.3, 0.4) is 0 Å². The van der Waals surface area contributed by atoms with Crippen molar-refractivity contribution in [2.75, 3.05) is 18.0 Å². The molecule has 178 valence electrons. The topological polar surface area (TPSA) is 28.2 Å². The zero-order chi connectivity index (χ0) is 24.5. The second-order valence-corrected chi connectivity index (χ2v) is 9.69. The average molecular weight is 524 g/mol. The molecule has 1 N–H and O–H groups in total. The summed E-state index contributed by atoms with van der Waals surface area (Å²) in [6, 6.07) is 15.4. The second-order valence-electron chi connectivity index (χ2n) is 8.44. The van der Waals surface area contributed by atoms with E-state index >= 15 is 0 Å². The van der Waals surface area contributed by atoms with Gasteiger partial charge in [-0.05, 0) is 66.9 Å². The summed E-state index contributed by atoms with van der Waals surface area (Å²) in [4.78, 5) is 6.40. The maximum atomic E-state index is 14.4. The number of anilines is 1. The minimum absolute atomic E-state index is 0.0697. The highest BCUT2D eigenvalue weighted by molar-refractivity contribution is 7.80. The summed E-state index contributed by atoms with van der Waals surface area (Å²) in [5.41, 5.74) is 0.940. The molecular weight excluding hydrogens is 502 g/mol. The summed E-state index contributed by atoms with van der Waals surface area (Å²) in [6.45, 7) is 2.21. The summed E-state index contributed by atoms with van der Waals surface area (Å²) in [5, 5.41) is 3.80. The summed E-state index contributed by atoms with van der Waals surface area (Å²) in [7, 11) is 0. The van der Waals surface area contributed by atoms with Crippen molar-refractivity contribution in [3.05, 3.63) is 93.2 Å². The second kappa shape index (κ2) is 9.72. The third-order valence-electron chi connectivity index (χ3n) is 6.13. The molecule has 1 aromatic heterocycles. The normalized spacial score (nSPS) is 18.2. The molecule has 2 heterocycles. The maximum Gasteiger partial charge on any atom is 0.400 e. The van der Waals surface area contributed by atoms with Crippen LogP contribution in [0.25, 0.3) is 0 Å². The summed E-state index contributed by atoms with van der Waals surface area (Å²) in [6.07, 6.45) is -2.80. The average Bonchev–Trinajstić information content (AvgIpc) is 3.25. The van der Waals surface area contributed by atoms with E-state index in [0.717, 1.165) is 5.69 Å². The largest absolute Gasteiger partial charge is 0.400 e. The number of halogens is 5. The fraction of sp³-hybridized carbons (Fsp3) is 0.280. The van der Waals surface area contributed by atoms with E-state index in [1.165, 1.54) is 6.07 Å². The van der Waals surface area contributed by atoms with Crippen molar-refractivity contribution in [2.24, 2.45) is 0 Å². The van der Waals surface area contributed by atoms with Crippen molar-refractivity contribution >= 4 is 46.1 Å². The lowest BCUT2D eigenvalue weighted by molar-refractivity contribution is -0.184. The van der Waals surface area contributed by atoms with Crippen molar-refractivity contribution in [2.45, 2.75) is 31.5 Å². The fourth-order valence-electron chi connectivity index (χ4n) is 4.33.